The maximum Gasteiger partial charge on any atom is 0.390 e. The van der Waals surface area contributed by atoms with Crippen LogP contribution in [0.3, 0.4) is 0 Å². The number of rotatable bonds is 8. The molecule has 0 unspecified atom stereocenters. The molecule has 2 aromatic carbocycles. The first kappa shape index (κ1) is 24.9. The lowest BCUT2D eigenvalue weighted by Gasteiger charge is -2.13. The van der Waals surface area contributed by atoms with Crippen LogP contribution in [-0.2, 0) is 0 Å². The quantitative estimate of drug-likeness (QED) is 0.276. The van der Waals surface area contributed by atoms with Crippen molar-refractivity contribution in [2.45, 2.75) is 38.4 Å². The molecule has 1 saturated carbocycles. The third kappa shape index (κ3) is 5.96. The van der Waals surface area contributed by atoms with Gasteiger partial charge in [0.2, 0.25) is 5.88 Å². The molecule has 1 fully saturated rings. The largest absolute Gasteiger partial charge is 0.438 e. The highest BCUT2D eigenvalue weighted by molar-refractivity contribution is 6.30. The van der Waals surface area contributed by atoms with Crippen molar-refractivity contribution in [2.75, 3.05) is 11.9 Å². The number of imidazole rings is 1. The molecule has 11 heteroatoms. The Labute approximate surface area is 215 Å². The van der Waals surface area contributed by atoms with Gasteiger partial charge in [0.1, 0.15) is 5.75 Å². The number of halogens is 4. The number of nitrogens with zero attached hydrogens (tertiary/aromatic N) is 3. The van der Waals surface area contributed by atoms with Gasteiger partial charge in [-0.25, -0.2) is 9.50 Å². The van der Waals surface area contributed by atoms with Crippen molar-refractivity contribution in [1.82, 2.24) is 19.9 Å². The summed E-state index contributed by atoms with van der Waals surface area (Å²) < 4.78 is 45.7. The number of hydrogen-bond donors (Lipinski definition) is 2. The molecule has 0 bridgehead atoms. The van der Waals surface area contributed by atoms with E-state index in [1.165, 1.54) is 10.6 Å². The molecule has 4 aromatic rings. The van der Waals surface area contributed by atoms with Crippen molar-refractivity contribution in [3.05, 3.63) is 70.9 Å². The first-order valence-corrected chi connectivity index (χ1v) is 12.1. The second-order valence-electron chi connectivity index (χ2n) is 8.90. The van der Waals surface area contributed by atoms with Gasteiger partial charge in [0.05, 0.1) is 24.0 Å². The molecule has 0 radical (unpaired) electrons. The molecule has 1 aliphatic carbocycles. The monoisotopic (exact) mass is 529 g/mol. The van der Waals surface area contributed by atoms with Crippen LogP contribution < -0.4 is 15.4 Å². The Morgan fingerprint density at radius 2 is 1.92 bits per heavy atom. The number of benzene rings is 2. The standard InChI is InChI=1S/C26H23ClF3N5O2/c1-15-12-16(2-9-20(15)25(36)33-18-5-6-18)22-14-32-24-21(31-11-10-26(28,29)30)13-23(34-35(22)24)37-19-7-3-17(27)4-8-19/h2-4,7-9,12-14,18,31H,5-6,10-11H2,1H3,(H,33,36). The van der Waals surface area contributed by atoms with E-state index >= 15 is 0 Å². The van der Waals surface area contributed by atoms with Crippen LogP contribution in [0.15, 0.2) is 54.7 Å². The number of ether oxygens (including phenoxy) is 1. The van der Waals surface area contributed by atoms with Gasteiger partial charge in [-0.1, -0.05) is 17.7 Å². The van der Waals surface area contributed by atoms with Crippen LogP contribution in [0.25, 0.3) is 16.9 Å². The van der Waals surface area contributed by atoms with E-state index in [2.05, 4.69) is 20.7 Å². The number of amides is 1. The van der Waals surface area contributed by atoms with Crippen molar-refractivity contribution < 1.29 is 22.7 Å². The van der Waals surface area contributed by atoms with Gasteiger partial charge >= 0.3 is 6.18 Å². The van der Waals surface area contributed by atoms with Crippen molar-refractivity contribution in [1.29, 1.82) is 0 Å². The molecule has 2 aromatic heterocycles. The van der Waals surface area contributed by atoms with E-state index in [1.807, 2.05) is 13.0 Å². The van der Waals surface area contributed by atoms with Gasteiger partial charge < -0.3 is 15.4 Å². The lowest BCUT2D eigenvalue weighted by molar-refractivity contribution is -0.131. The summed E-state index contributed by atoms with van der Waals surface area (Å²) in [5.74, 6) is 0.499. The van der Waals surface area contributed by atoms with Gasteiger partial charge in [-0.3, -0.25) is 4.79 Å². The highest BCUT2D eigenvalue weighted by Crippen LogP contribution is 2.31. The molecular formula is C26H23ClF3N5O2. The maximum atomic E-state index is 12.8. The minimum absolute atomic E-state index is 0.113. The molecule has 7 nitrogen and oxygen atoms in total. The zero-order chi connectivity index (χ0) is 26.2. The number of carbonyl (C=O) groups is 1. The van der Waals surface area contributed by atoms with Crippen LogP contribution >= 0.6 is 11.6 Å². The Kier molecular flexibility index (Phi) is 6.68. The molecule has 1 aliphatic rings. The molecule has 0 atom stereocenters. The van der Waals surface area contributed by atoms with Gasteiger partial charge in [0.15, 0.2) is 5.65 Å². The molecule has 2 heterocycles. The highest BCUT2D eigenvalue weighted by atomic mass is 35.5. The summed E-state index contributed by atoms with van der Waals surface area (Å²) >= 11 is 5.95. The molecule has 1 amide bonds. The van der Waals surface area contributed by atoms with Crippen molar-refractivity contribution in [3.63, 3.8) is 0 Å². The van der Waals surface area contributed by atoms with Crippen molar-refractivity contribution in [2.24, 2.45) is 0 Å². The summed E-state index contributed by atoms with van der Waals surface area (Å²) in [6.07, 6.45) is -1.73. The molecule has 0 saturated heterocycles. The highest BCUT2D eigenvalue weighted by Gasteiger charge is 2.27. The van der Waals surface area contributed by atoms with E-state index in [0.29, 0.717) is 33.4 Å². The third-order valence-corrected chi connectivity index (χ3v) is 6.14. The van der Waals surface area contributed by atoms with E-state index in [0.717, 1.165) is 24.0 Å². The molecule has 5 rings (SSSR count). The number of fused-ring (bicyclic) bond motifs is 1. The lowest BCUT2D eigenvalue weighted by Crippen LogP contribution is -2.26. The number of carbonyl (C=O) groups excluding carboxylic acids is 1. The average Bonchev–Trinajstić information content (AvgIpc) is 3.54. The van der Waals surface area contributed by atoms with Gasteiger partial charge in [0, 0.05) is 34.8 Å². The molecular weight excluding hydrogens is 507 g/mol. The van der Waals surface area contributed by atoms with Gasteiger partial charge in [-0.05, 0) is 61.7 Å². The Balaban J connectivity index is 1.50. The van der Waals surface area contributed by atoms with Gasteiger partial charge in [-0.15, -0.1) is 5.10 Å². The van der Waals surface area contributed by atoms with E-state index in [4.69, 9.17) is 16.3 Å². The Hall–Kier alpha value is -3.79. The summed E-state index contributed by atoms with van der Waals surface area (Å²) in [6.45, 7) is 1.51. The van der Waals surface area contributed by atoms with E-state index in [1.54, 1.807) is 42.6 Å². The summed E-state index contributed by atoms with van der Waals surface area (Å²) in [7, 11) is 0. The normalized spacial score (nSPS) is 13.5. The molecule has 2 N–H and O–H groups in total. The number of aromatic nitrogens is 3. The number of anilines is 1. The summed E-state index contributed by atoms with van der Waals surface area (Å²) in [5.41, 5.74) is 3.37. The number of nitrogens with one attached hydrogen (secondary N) is 2. The van der Waals surface area contributed by atoms with Crippen LogP contribution in [0.2, 0.25) is 5.02 Å². The predicted molar refractivity (Wildman–Crippen MR) is 134 cm³/mol. The molecule has 37 heavy (non-hydrogen) atoms. The second kappa shape index (κ2) is 9.93. The van der Waals surface area contributed by atoms with Crippen LogP contribution in [0.1, 0.15) is 35.2 Å². The molecule has 192 valence electrons. The topological polar surface area (TPSA) is 80.6 Å². The Bertz CT molecular complexity index is 1450. The SMILES string of the molecule is Cc1cc(-c2cnc3c(NCCC(F)(F)F)cc(Oc4ccc(Cl)cc4)nn23)ccc1C(=O)NC1CC1. The minimum Gasteiger partial charge on any atom is -0.438 e. The first-order chi connectivity index (χ1) is 17.7. The number of hydrogen-bond acceptors (Lipinski definition) is 5. The molecule has 0 aliphatic heterocycles. The van der Waals surface area contributed by atoms with Crippen LogP contribution in [0.5, 0.6) is 11.6 Å². The van der Waals surface area contributed by atoms with E-state index in [-0.39, 0.29) is 24.4 Å². The average molecular weight is 530 g/mol. The second-order valence-corrected chi connectivity index (χ2v) is 9.34. The zero-order valence-corrected chi connectivity index (χ0v) is 20.5. The summed E-state index contributed by atoms with van der Waals surface area (Å²) in [5, 5.41) is 10.9. The third-order valence-electron chi connectivity index (χ3n) is 5.88. The summed E-state index contributed by atoms with van der Waals surface area (Å²) in [4.78, 5) is 16.9. The van der Waals surface area contributed by atoms with E-state index < -0.39 is 12.6 Å². The van der Waals surface area contributed by atoms with Crippen LogP contribution in [-0.4, -0.2) is 39.3 Å². The fraction of sp³-hybridized carbons (Fsp3) is 0.269. The Morgan fingerprint density at radius 3 is 2.59 bits per heavy atom. The smallest absolute Gasteiger partial charge is 0.390 e. The van der Waals surface area contributed by atoms with Crippen LogP contribution in [0.4, 0.5) is 18.9 Å². The van der Waals surface area contributed by atoms with Crippen molar-refractivity contribution >= 4 is 28.8 Å². The number of aryl methyl sites for hydroxylation is 1. The van der Waals surface area contributed by atoms with E-state index in [9.17, 15) is 18.0 Å². The fourth-order valence-electron chi connectivity index (χ4n) is 3.85. The van der Waals surface area contributed by atoms with Crippen molar-refractivity contribution in [3.8, 4) is 22.9 Å². The van der Waals surface area contributed by atoms with Gasteiger partial charge in [0.25, 0.3) is 5.91 Å². The molecule has 0 spiro atoms. The predicted octanol–water partition coefficient (Wildman–Crippen LogP) is 6.41. The number of alkyl halides is 3. The maximum absolute atomic E-state index is 12.8. The summed E-state index contributed by atoms with van der Waals surface area (Å²) in [6, 6.07) is 13.8. The Morgan fingerprint density at radius 1 is 1.16 bits per heavy atom. The zero-order valence-electron chi connectivity index (χ0n) is 19.8. The fourth-order valence-corrected chi connectivity index (χ4v) is 3.98. The lowest BCUT2D eigenvalue weighted by atomic mass is 10.0. The van der Waals surface area contributed by atoms with Gasteiger partial charge in [-0.2, -0.15) is 13.2 Å². The van der Waals surface area contributed by atoms with Crippen LogP contribution in [0, 0.1) is 6.92 Å². The first-order valence-electron chi connectivity index (χ1n) is 11.7. The minimum atomic E-state index is -4.30.